The number of nitrogens with zero attached hydrogens (tertiary/aromatic N) is 2. The highest BCUT2D eigenvalue weighted by Crippen LogP contribution is 2.21. The summed E-state index contributed by atoms with van der Waals surface area (Å²) < 4.78 is 1.97. The normalized spacial score (nSPS) is 13.3. The molecule has 0 bridgehead atoms. The zero-order valence-corrected chi connectivity index (χ0v) is 9.66. The van der Waals surface area contributed by atoms with Gasteiger partial charge in [0.25, 0.3) is 0 Å². The van der Waals surface area contributed by atoms with Crippen LogP contribution in [0.5, 0.6) is 0 Å². The minimum atomic E-state index is -0.397. The van der Waals surface area contributed by atoms with Crippen LogP contribution in [0.2, 0.25) is 0 Å². The van der Waals surface area contributed by atoms with Crippen LogP contribution in [0.1, 0.15) is 11.7 Å². The van der Waals surface area contributed by atoms with E-state index in [1.165, 1.54) is 0 Å². The molecule has 1 unspecified atom stereocenters. The van der Waals surface area contributed by atoms with Gasteiger partial charge >= 0.3 is 0 Å². The molecule has 1 heterocycles. The molecule has 0 aliphatic carbocycles. The Morgan fingerprint density at radius 2 is 2.33 bits per heavy atom. The maximum atomic E-state index is 9.83. The number of aryl methyl sites for hydroxylation is 1. The Morgan fingerprint density at radius 3 is 3.07 bits per heavy atom. The molecule has 4 heteroatoms. The highest BCUT2D eigenvalue weighted by atomic mass is 32.2. The first-order valence-electron chi connectivity index (χ1n) is 4.80. The van der Waals surface area contributed by atoms with E-state index in [9.17, 15) is 5.11 Å². The zero-order chi connectivity index (χ0) is 10.8. The van der Waals surface area contributed by atoms with Crippen LogP contribution >= 0.6 is 11.8 Å². The number of thioether (sulfide) groups is 1. The monoisotopic (exact) mass is 222 g/mol. The van der Waals surface area contributed by atoms with Crippen LogP contribution in [0.4, 0.5) is 0 Å². The van der Waals surface area contributed by atoms with Gasteiger partial charge in [0.1, 0.15) is 0 Å². The Kier molecular flexibility index (Phi) is 2.98. The van der Waals surface area contributed by atoms with Crippen LogP contribution in [0, 0.1) is 0 Å². The molecule has 1 N–H and O–H groups in total. The third kappa shape index (κ3) is 2.01. The molecule has 1 aromatic carbocycles. The molecular formula is C11H14N2OS. The Bertz CT molecular complexity index is 467. The topological polar surface area (TPSA) is 38.1 Å². The number of hydrogen-bond donors (Lipinski definition) is 1. The van der Waals surface area contributed by atoms with E-state index < -0.39 is 6.10 Å². The van der Waals surface area contributed by atoms with Gasteiger partial charge < -0.3 is 9.67 Å². The number of fused-ring (bicyclic) bond motifs is 1. The number of benzene rings is 1. The lowest BCUT2D eigenvalue weighted by molar-refractivity contribution is 0.204. The molecule has 0 saturated heterocycles. The summed E-state index contributed by atoms with van der Waals surface area (Å²) in [4.78, 5) is 4.27. The third-order valence-corrected chi connectivity index (χ3v) is 3.11. The van der Waals surface area contributed by atoms with Gasteiger partial charge in [0.2, 0.25) is 0 Å². The fourth-order valence-electron chi connectivity index (χ4n) is 1.61. The zero-order valence-electron chi connectivity index (χ0n) is 8.84. The highest BCUT2D eigenvalue weighted by Gasteiger charge is 2.08. The lowest BCUT2D eigenvalue weighted by Crippen LogP contribution is -1.99. The first kappa shape index (κ1) is 10.5. The summed E-state index contributed by atoms with van der Waals surface area (Å²) in [5.74, 6) is 0.721. The average molecular weight is 222 g/mol. The molecule has 0 fully saturated rings. The summed E-state index contributed by atoms with van der Waals surface area (Å²) in [6.07, 6.45) is 3.38. The summed E-state index contributed by atoms with van der Waals surface area (Å²) >= 11 is 1.64. The van der Waals surface area contributed by atoms with Crippen LogP contribution in [0.15, 0.2) is 24.5 Å². The van der Waals surface area contributed by atoms with Crippen LogP contribution in [0.25, 0.3) is 11.0 Å². The van der Waals surface area contributed by atoms with Crippen molar-refractivity contribution in [2.24, 2.45) is 7.05 Å². The molecule has 0 aliphatic heterocycles. The van der Waals surface area contributed by atoms with E-state index in [4.69, 9.17) is 0 Å². The number of aromatic nitrogens is 2. The van der Waals surface area contributed by atoms with Crippen molar-refractivity contribution in [1.82, 2.24) is 9.55 Å². The quantitative estimate of drug-likeness (QED) is 0.863. The first-order chi connectivity index (χ1) is 7.22. The second-order valence-corrected chi connectivity index (χ2v) is 4.49. The molecule has 80 valence electrons. The predicted molar refractivity (Wildman–Crippen MR) is 64.1 cm³/mol. The van der Waals surface area contributed by atoms with Gasteiger partial charge in [-0.3, -0.25) is 0 Å². The molecule has 3 nitrogen and oxygen atoms in total. The van der Waals surface area contributed by atoms with Gasteiger partial charge in [-0.2, -0.15) is 11.8 Å². The first-order valence-corrected chi connectivity index (χ1v) is 6.19. The van der Waals surface area contributed by atoms with Crippen molar-refractivity contribution in [3.8, 4) is 0 Å². The number of imidazole rings is 1. The standard InChI is InChI=1S/C11H14N2OS/c1-13-7-12-9-5-8(3-4-10(9)13)11(14)6-15-2/h3-5,7,11,14H,6H2,1-2H3. The Labute approximate surface area is 93.1 Å². The van der Waals surface area contributed by atoms with Crippen molar-refractivity contribution >= 4 is 22.8 Å². The van der Waals surface area contributed by atoms with Gasteiger partial charge in [-0.05, 0) is 24.0 Å². The van der Waals surface area contributed by atoms with Crippen molar-refractivity contribution in [2.45, 2.75) is 6.10 Å². The van der Waals surface area contributed by atoms with Crippen molar-refractivity contribution in [2.75, 3.05) is 12.0 Å². The molecule has 0 spiro atoms. The maximum Gasteiger partial charge on any atom is 0.0955 e. The second kappa shape index (κ2) is 4.24. The van der Waals surface area contributed by atoms with Gasteiger partial charge in [-0.1, -0.05) is 6.07 Å². The van der Waals surface area contributed by atoms with E-state index >= 15 is 0 Å². The number of rotatable bonds is 3. The maximum absolute atomic E-state index is 9.83. The van der Waals surface area contributed by atoms with Crippen molar-refractivity contribution in [1.29, 1.82) is 0 Å². The van der Waals surface area contributed by atoms with Gasteiger partial charge in [0, 0.05) is 12.8 Å². The van der Waals surface area contributed by atoms with Crippen LogP contribution in [0.3, 0.4) is 0 Å². The van der Waals surface area contributed by atoms with E-state index in [0.717, 1.165) is 22.3 Å². The molecular weight excluding hydrogens is 208 g/mol. The molecule has 0 saturated carbocycles. The highest BCUT2D eigenvalue weighted by molar-refractivity contribution is 7.98. The van der Waals surface area contributed by atoms with E-state index in [-0.39, 0.29) is 0 Å². The molecule has 2 aromatic rings. The van der Waals surface area contributed by atoms with Gasteiger partial charge in [-0.15, -0.1) is 0 Å². The largest absolute Gasteiger partial charge is 0.388 e. The van der Waals surface area contributed by atoms with Crippen molar-refractivity contribution < 1.29 is 5.11 Å². The van der Waals surface area contributed by atoms with Crippen LogP contribution in [-0.2, 0) is 7.05 Å². The van der Waals surface area contributed by atoms with E-state index in [0.29, 0.717) is 0 Å². The minimum Gasteiger partial charge on any atom is -0.388 e. The van der Waals surface area contributed by atoms with Crippen LogP contribution < -0.4 is 0 Å². The molecule has 15 heavy (non-hydrogen) atoms. The van der Waals surface area contributed by atoms with E-state index in [1.54, 1.807) is 18.1 Å². The fraction of sp³-hybridized carbons (Fsp3) is 0.364. The molecule has 1 atom stereocenters. The van der Waals surface area contributed by atoms with Gasteiger partial charge in [-0.25, -0.2) is 4.98 Å². The Hall–Kier alpha value is -1.00. The van der Waals surface area contributed by atoms with E-state index in [2.05, 4.69) is 4.98 Å². The van der Waals surface area contributed by atoms with Gasteiger partial charge in [0.05, 0.1) is 23.5 Å². The van der Waals surface area contributed by atoms with E-state index in [1.807, 2.05) is 36.1 Å². The Balaban J connectivity index is 2.38. The fourth-order valence-corrected chi connectivity index (χ4v) is 2.12. The molecule has 1 aromatic heterocycles. The lowest BCUT2D eigenvalue weighted by Gasteiger charge is -2.08. The summed E-state index contributed by atoms with van der Waals surface area (Å²) in [5, 5.41) is 9.83. The molecule has 0 amide bonds. The summed E-state index contributed by atoms with van der Waals surface area (Å²) in [5.41, 5.74) is 2.97. The average Bonchev–Trinajstić information content (AvgIpc) is 2.60. The number of aliphatic hydroxyl groups excluding tert-OH is 1. The number of aliphatic hydroxyl groups is 1. The number of hydrogen-bond acceptors (Lipinski definition) is 3. The minimum absolute atomic E-state index is 0.397. The lowest BCUT2D eigenvalue weighted by atomic mass is 10.1. The summed E-state index contributed by atoms with van der Waals surface area (Å²) in [6.45, 7) is 0. The van der Waals surface area contributed by atoms with Gasteiger partial charge in [0.15, 0.2) is 0 Å². The Morgan fingerprint density at radius 1 is 1.53 bits per heavy atom. The predicted octanol–water partition coefficient (Wildman–Crippen LogP) is 1.97. The molecule has 0 radical (unpaired) electrons. The van der Waals surface area contributed by atoms with Crippen molar-refractivity contribution in [3.05, 3.63) is 30.1 Å². The third-order valence-electron chi connectivity index (χ3n) is 2.46. The summed E-state index contributed by atoms with van der Waals surface area (Å²) in [6, 6.07) is 5.92. The van der Waals surface area contributed by atoms with Crippen molar-refractivity contribution in [3.63, 3.8) is 0 Å². The summed E-state index contributed by atoms with van der Waals surface area (Å²) in [7, 11) is 1.97. The molecule has 2 rings (SSSR count). The molecule has 0 aliphatic rings. The smallest absolute Gasteiger partial charge is 0.0955 e. The SMILES string of the molecule is CSCC(O)c1ccc2c(c1)ncn2C. The second-order valence-electron chi connectivity index (χ2n) is 3.57. The van der Waals surface area contributed by atoms with Crippen LogP contribution in [-0.4, -0.2) is 26.7 Å².